The van der Waals surface area contributed by atoms with Crippen molar-refractivity contribution < 1.29 is 133 Å². The van der Waals surface area contributed by atoms with Crippen molar-refractivity contribution in [1.82, 2.24) is 0 Å². The fraction of sp³-hybridized carbons (Fsp3) is 0.885. The molecule has 88 heavy (non-hydrogen) atoms. The average molecular weight is 1260 g/mol. The first-order valence-electron chi connectivity index (χ1n) is 30.9. The molecule has 0 aromatic rings. The summed E-state index contributed by atoms with van der Waals surface area (Å²) in [4.78, 5) is 39.8. The van der Waals surface area contributed by atoms with Gasteiger partial charge in [0.25, 0.3) is 0 Å². The molecule has 8 fully saturated rings. The molecule has 4 heterocycles. The van der Waals surface area contributed by atoms with Crippen molar-refractivity contribution >= 4 is 17.9 Å². The lowest BCUT2D eigenvalue weighted by molar-refractivity contribution is -0.406. The van der Waals surface area contributed by atoms with E-state index >= 15 is 0 Å². The van der Waals surface area contributed by atoms with Crippen LogP contribution in [0.2, 0.25) is 0 Å². The Morgan fingerprint density at radius 3 is 1.77 bits per heavy atom. The number of ether oxygens (including phenoxy) is 10. The number of aliphatic hydroxyl groups excluding tert-OH is 13. The van der Waals surface area contributed by atoms with E-state index in [2.05, 4.69) is 26.8 Å². The van der Waals surface area contributed by atoms with Crippen LogP contribution in [0.1, 0.15) is 121 Å². The number of esters is 2. The first kappa shape index (κ1) is 69.4. The minimum absolute atomic E-state index is 0.0311. The Balaban J connectivity index is 1.05. The topological polar surface area (TPSA) is 427 Å². The number of hydrogen-bond acceptors (Lipinski definition) is 26. The molecule has 502 valence electrons. The van der Waals surface area contributed by atoms with E-state index in [-0.39, 0.29) is 18.3 Å². The predicted octanol–water partition coefficient (Wildman–Crippen LogP) is -1.44. The Labute approximate surface area is 511 Å². The van der Waals surface area contributed by atoms with Crippen LogP contribution in [0, 0.1) is 50.2 Å². The van der Waals surface area contributed by atoms with Gasteiger partial charge in [0.1, 0.15) is 97.7 Å². The van der Waals surface area contributed by atoms with Gasteiger partial charge in [0.05, 0.1) is 43.5 Å². The lowest BCUT2D eigenvalue weighted by Crippen LogP contribution is -2.72. The zero-order valence-corrected chi connectivity index (χ0v) is 51.9. The third kappa shape index (κ3) is 11.3. The van der Waals surface area contributed by atoms with E-state index in [1.165, 1.54) is 13.8 Å². The van der Waals surface area contributed by atoms with Crippen LogP contribution < -0.4 is 0 Å². The molecule has 0 amide bonds. The lowest BCUT2D eigenvalue weighted by atomic mass is 9.33. The summed E-state index contributed by atoms with van der Waals surface area (Å²) in [7, 11) is 0. The Bertz CT molecular complexity index is 2580. The second kappa shape index (κ2) is 25.4. The number of hydrogen-bond donors (Lipinski definition) is 14. The zero-order valence-electron chi connectivity index (χ0n) is 51.9. The highest BCUT2D eigenvalue weighted by atomic mass is 16.8. The van der Waals surface area contributed by atoms with E-state index in [0.29, 0.717) is 44.1 Å². The van der Waals surface area contributed by atoms with Crippen LogP contribution in [-0.4, -0.2) is 256 Å². The highest BCUT2D eigenvalue weighted by Crippen LogP contribution is 2.76. The summed E-state index contributed by atoms with van der Waals surface area (Å²) < 4.78 is 61.5. The number of aliphatic carboxylic acids is 1. The van der Waals surface area contributed by atoms with Gasteiger partial charge in [0, 0.05) is 17.9 Å². The highest BCUT2D eigenvalue weighted by Gasteiger charge is 2.74. The molecule has 4 saturated carbocycles. The normalized spacial score (nSPS) is 50.9. The van der Waals surface area contributed by atoms with Gasteiger partial charge in [-0.05, 0) is 105 Å². The number of aliphatic hydroxyl groups is 13. The lowest BCUT2D eigenvalue weighted by Gasteiger charge is -2.72. The van der Waals surface area contributed by atoms with Crippen LogP contribution in [-0.2, 0) is 61.8 Å². The molecule has 5 aliphatic carbocycles. The van der Waals surface area contributed by atoms with Gasteiger partial charge in [0.15, 0.2) is 31.3 Å². The summed E-state index contributed by atoms with van der Waals surface area (Å²) in [6.45, 7) is 18.1. The molecule has 0 bridgehead atoms. The van der Waals surface area contributed by atoms with Crippen molar-refractivity contribution in [2.24, 2.45) is 50.2 Å². The molecule has 9 aliphatic rings. The fourth-order valence-electron chi connectivity index (χ4n) is 17.6. The first-order chi connectivity index (χ1) is 41.1. The van der Waals surface area contributed by atoms with Crippen molar-refractivity contribution in [3.63, 3.8) is 0 Å². The Morgan fingerprint density at radius 2 is 1.18 bits per heavy atom. The maximum absolute atomic E-state index is 13.5. The highest BCUT2D eigenvalue weighted by molar-refractivity contribution is 5.87. The second-order valence-corrected chi connectivity index (χ2v) is 28.5. The van der Waals surface area contributed by atoms with Crippen LogP contribution in [0.4, 0.5) is 0 Å². The Hall–Kier alpha value is -2.95. The smallest absolute Gasteiger partial charge is 0.335 e. The summed E-state index contributed by atoms with van der Waals surface area (Å²) in [5.74, 6) is -3.67. The molecular formula is C61H96O27. The van der Waals surface area contributed by atoms with Gasteiger partial charge < -0.3 is 119 Å². The van der Waals surface area contributed by atoms with E-state index in [0.717, 1.165) is 5.57 Å². The monoisotopic (exact) mass is 1260 g/mol. The minimum Gasteiger partial charge on any atom is -0.479 e. The fourth-order valence-corrected chi connectivity index (χ4v) is 17.6. The Morgan fingerprint density at radius 1 is 0.614 bits per heavy atom. The van der Waals surface area contributed by atoms with E-state index in [1.807, 2.05) is 27.7 Å². The largest absolute Gasteiger partial charge is 0.479 e. The number of carbonyl (C=O) groups excluding carboxylic acids is 2. The predicted molar refractivity (Wildman–Crippen MR) is 299 cm³/mol. The van der Waals surface area contributed by atoms with Crippen molar-refractivity contribution in [2.75, 3.05) is 19.8 Å². The summed E-state index contributed by atoms with van der Waals surface area (Å²) in [5, 5.41) is 156. The summed E-state index contributed by atoms with van der Waals surface area (Å²) in [6, 6.07) is 0. The molecule has 27 heteroatoms. The maximum atomic E-state index is 13.5. The molecule has 0 unspecified atom stereocenters. The number of carboxylic acid groups (broad SMARTS) is 1. The third-order valence-corrected chi connectivity index (χ3v) is 23.0. The molecule has 0 spiro atoms. The molecule has 0 aromatic carbocycles. The van der Waals surface area contributed by atoms with E-state index < -0.39 is 223 Å². The SMILES string of the molecule is C/C=C(\C)C(=O)O[C@H]1[C@H](OC(C)=O)[C@]2(CO)[C@H](O)C[C@]3(C)C(=CC[C@@H]4[C@@]5(C)CC[C@H](O[C@@H]6O[C@H](C(=O)O)[C@@H](O)[C@H](O[C@@H]7O[C@H](CO)[C@H](O)[C@H](O)[C@H]7O[C@@H]7O[C@@H](C)[C@H](O)[C@@H](O)[C@H]7O)[C@H]6O[C@@H]6O[C@H](CO)[C@@H](O)[C@H](O)[C@H]6O)C(C)(C)[C@@H]5CC[C@]43C)[C@@H]2CC1(C)C. The van der Waals surface area contributed by atoms with E-state index in [1.54, 1.807) is 19.9 Å². The molecule has 4 aliphatic heterocycles. The first-order valence-corrected chi connectivity index (χ1v) is 30.9. The number of fused-ring (bicyclic) bond motifs is 7. The summed E-state index contributed by atoms with van der Waals surface area (Å²) >= 11 is 0. The minimum atomic E-state index is -2.29. The van der Waals surface area contributed by atoms with Crippen molar-refractivity contribution in [3.8, 4) is 0 Å². The van der Waals surface area contributed by atoms with Crippen LogP contribution in [0.3, 0.4) is 0 Å². The molecule has 31 atom stereocenters. The number of carboxylic acids is 1. The number of carbonyl (C=O) groups is 3. The van der Waals surface area contributed by atoms with Gasteiger partial charge in [-0.3, -0.25) is 4.79 Å². The third-order valence-electron chi connectivity index (χ3n) is 23.0. The summed E-state index contributed by atoms with van der Waals surface area (Å²) in [5.41, 5.74) is -3.32. The molecule has 0 radical (unpaired) electrons. The quantitative estimate of drug-likeness (QED) is 0.0386. The molecule has 9 rings (SSSR count). The van der Waals surface area contributed by atoms with Crippen molar-refractivity contribution in [2.45, 2.75) is 268 Å². The van der Waals surface area contributed by atoms with Gasteiger partial charge in [0.2, 0.25) is 0 Å². The van der Waals surface area contributed by atoms with Gasteiger partial charge in [-0.25, -0.2) is 9.59 Å². The van der Waals surface area contributed by atoms with E-state index in [4.69, 9.17) is 47.4 Å². The van der Waals surface area contributed by atoms with Gasteiger partial charge >= 0.3 is 17.9 Å². The standard InChI is InChI=1S/C61H96O27/c1-12-24(2)51(78)88-48-49(80-26(4)65)61(23-64)28(19-56(48,5)6)27-13-14-32-58(9)17-16-34(57(7,8)31(58)15-18-59(32,10)60(27,11)20-33(61)66)83-55-47(87-53-42(74)39(71)36(68)29(21-62)81-53)44(43(75)45(85-55)50(76)77)84-54-46(40(72)37(69)30(22-63)82-54)86-52-41(73)38(70)35(67)25(3)79-52/h12-13,25,28-49,52-55,62-64,66-75H,14-23H2,1-11H3,(H,76,77)/b24-12+/t25-,28-,29+,30+,31-,32+,33+,34-,35-,36+,37-,38+,39-,40-,41+,42+,43-,44-,45-,46+,47+,48-,49-,52-,53-,54-,55+,58-,59+,60+,61-/m0/s1. The van der Waals surface area contributed by atoms with Gasteiger partial charge in [-0.2, -0.15) is 0 Å². The van der Waals surface area contributed by atoms with Gasteiger partial charge in [-0.1, -0.05) is 66.2 Å². The number of rotatable bonds is 15. The van der Waals surface area contributed by atoms with Crippen molar-refractivity contribution in [1.29, 1.82) is 0 Å². The zero-order chi connectivity index (χ0) is 65.0. The molecular weight excluding hydrogens is 1160 g/mol. The second-order valence-electron chi connectivity index (χ2n) is 28.5. The van der Waals surface area contributed by atoms with Crippen LogP contribution >= 0.6 is 0 Å². The average Bonchev–Trinajstić information content (AvgIpc) is 0.673. The van der Waals surface area contributed by atoms with Gasteiger partial charge in [-0.15, -0.1) is 0 Å². The summed E-state index contributed by atoms with van der Waals surface area (Å²) in [6.07, 6.45) is -35.3. The van der Waals surface area contributed by atoms with Crippen LogP contribution in [0.5, 0.6) is 0 Å². The van der Waals surface area contributed by atoms with E-state index in [9.17, 15) is 85.9 Å². The van der Waals surface area contributed by atoms with Crippen LogP contribution in [0.15, 0.2) is 23.3 Å². The van der Waals surface area contributed by atoms with Crippen molar-refractivity contribution in [3.05, 3.63) is 23.3 Å². The molecule has 0 aromatic heterocycles. The molecule has 27 nitrogen and oxygen atoms in total. The number of allylic oxidation sites excluding steroid dienone is 3. The van der Waals surface area contributed by atoms with Crippen LogP contribution in [0.25, 0.3) is 0 Å². The maximum Gasteiger partial charge on any atom is 0.335 e. The molecule has 14 N–H and O–H groups in total. The Kier molecular flexibility index (Phi) is 20.0. The molecule has 4 saturated heterocycles.